The first-order chi connectivity index (χ1) is 9.08. The van der Waals surface area contributed by atoms with Gasteiger partial charge in [-0.3, -0.25) is 4.79 Å². The van der Waals surface area contributed by atoms with Crippen LogP contribution in [0.1, 0.15) is 19.5 Å². The predicted octanol–water partition coefficient (Wildman–Crippen LogP) is 2.44. The van der Waals surface area contributed by atoms with E-state index in [0.29, 0.717) is 11.6 Å². The smallest absolute Gasteiger partial charge is 0.234 e. The fourth-order valence-corrected chi connectivity index (χ4v) is 2.24. The maximum absolute atomic E-state index is 11.5. The molecule has 5 heteroatoms. The molecule has 0 unspecified atom stereocenters. The molecule has 1 amide bonds. The maximum Gasteiger partial charge on any atom is 0.234 e. The summed E-state index contributed by atoms with van der Waals surface area (Å²) in [6.07, 6.45) is 0. The lowest BCUT2D eigenvalue weighted by Crippen LogP contribution is -2.37. The van der Waals surface area contributed by atoms with Crippen LogP contribution in [-0.4, -0.2) is 23.5 Å². The van der Waals surface area contributed by atoms with Crippen LogP contribution in [0.5, 0.6) is 0 Å². The largest absolute Gasteiger partial charge is 0.356 e. The lowest BCUT2D eigenvalue weighted by molar-refractivity contribution is -0.120. The molecule has 2 aromatic rings. The third kappa shape index (κ3) is 3.49. The van der Waals surface area contributed by atoms with E-state index in [1.54, 1.807) is 0 Å². The number of aromatic amines is 1. The number of H-pyrrole nitrogens is 1. The summed E-state index contributed by atoms with van der Waals surface area (Å²) in [5, 5.41) is 7.63. The van der Waals surface area contributed by atoms with Crippen LogP contribution in [0, 0.1) is 0 Å². The van der Waals surface area contributed by atoms with Crippen LogP contribution in [0.4, 0.5) is 0 Å². The van der Waals surface area contributed by atoms with Crippen molar-refractivity contribution in [1.82, 2.24) is 15.6 Å². The van der Waals surface area contributed by atoms with E-state index in [9.17, 15) is 4.79 Å². The number of fused-ring (bicyclic) bond motifs is 1. The molecule has 0 saturated heterocycles. The maximum atomic E-state index is 11.5. The Morgan fingerprint density at radius 2 is 2.11 bits per heavy atom. The molecular weight excluding hydrogens is 262 g/mol. The summed E-state index contributed by atoms with van der Waals surface area (Å²) in [5.74, 6) is -0.0118. The van der Waals surface area contributed by atoms with Gasteiger partial charge in [0, 0.05) is 29.2 Å². The molecule has 102 valence electrons. The van der Waals surface area contributed by atoms with Gasteiger partial charge in [0.25, 0.3) is 0 Å². The van der Waals surface area contributed by atoms with Gasteiger partial charge in [-0.1, -0.05) is 29.8 Å². The van der Waals surface area contributed by atoms with Gasteiger partial charge in [0.1, 0.15) is 0 Å². The van der Waals surface area contributed by atoms with Gasteiger partial charge in [0.15, 0.2) is 0 Å². The first-order valence-electron chi connectivity index (χ1n) is 6.33. The molecule has 0 radical (unpaired) electrons. The second-order valence-electron chi connectivity index (χ2n) is 4.79. The predicted molar refractivity (Wildman–Crippen MR) is 78.3 cm³/mol. The molecule has 0 fully saturated rings. The van der Waals surface area contributed by atoms with E-state index in [1.807, 2.05) is 38.1 Å². The summed E-state index contributed by atoms with van der Waals surface area (Å²) in [7, 11) is 0. The van der Waals surface area contributed by atoms with Crippen LogP contribution in [0.2, 0.25) is 5.02 Å². The highest BCUT2D eigenvalue weighted by Crippen LogP contribution is 2.26. The van der Waals surface area contributed by atoms with E-state index < -0.39 is 0 Å². The molecule has 0 aliphatic rings. The normalized spacial score (nSPS) is 11.2. The number of para-hydroxylation sites is 1. The van der Waals surface area contributed by atoms with Gasteiger partial charge in [-0.2, -0.15) is 0 Å². The van der Waals surface area contributed by atoms with Gasteiger partial charge in [-0.25, -0.2) is 0 Å². The number of carbonyl (C=O) groups is 1. The first-order valence-corrected chi connectivity index (χ1v) is 6.71. The monoisotopic (exact) mass is 279 g/mol. The topological polar surface area (TPSA) is 56.9 Å². The molecule has 0 spiro atoms. The molecule has 2 rings (SSSR count). The first kappa shape index (κ1) is 13.9. The number of nitrogens with one attached hydrogen (secondary N) is 3. The van der Waals surface area contributed by atoms with E-state index >= 15 is 0 Å². The van der Waals surface area contributed by atoms with E-state index in [2.05, 4.69) is 15.6 Å². The zero-order valence-corrected chi connectivity index (χ0v) is 11.8. The van der Waals surface area contributed by atoms with Crippen LogP contribution in [-0.2, 0) is 11.3 Å². The van der Waals surface area contributed by atoms with Crippen molar-refractivity contribution < 1.29 is 4.79 Å². The third-order valence-corrected chi connectivity index (χ3v) is 3.18. The van der Waals surface area contributed by atoms with Crippen LogP contribution < -0.4 is 10.6 Å². The van der Waals surface area contributed by atoms with Crippen LogP contribution >= 0.6 is 11.6 Å². The summed E-state index contributed by atoms with van der Waals surface area (Å²) in [6.45, 7) is 4.70. The minimum absolute atomic E-state index is 0.0118. The zero-order chi connectivity index (χ0) is 13.8. The Labute approximate surface area is 117 Å². The Balaban J connectivity index is 1.95. The molecule has 0 aliphatic heterocycles. The summed E-state index contributed by atoms with van der Waals surface area (Å²) < 4.78 is 0. The second kappa shape index (κ2) is 6.08. The van der Waals surface area contributed by atoms with Crippen molar-refractivity contribution in [3.8, 4) is 0 Å². The van der Waals surface area contributed by atoms with Crippen molar-refractivity contribution in [2.45, 2.75) is 26.4 Å². The average molecular weight is 280 g/mol. The standard InChI is InChI=1S/C14H18ClN3O/c1-9(2)17-13(19)8-16-7-12-14(15)10-5-3-4-6-11(10)18-12/h3-6,9,16,18H,7-8H2,1-2H3,(H,17,19). The number of hydrogen-bond acceptors (Lipinski definition) is 2. The van der Waals surface area contributed by atoms with Crippen molar-refractivity contribution in [3.05, 3.63) is 35.0 Å². The van der Waals surface area contributed by atoms with Crippen molar-refractivity contribution in [1.29, 1.82) is 0 Å². The Morgan fingerprint density at radius 3 is 2.79 bits per heavy atom. The molecule has 0 saturated carbocycles. The minimum Gasteiger partial charge on any atom is -0.356 e. The fourth-order valence-electron chi connectivity index (χ4n) is 1.96. The van der Waals surface area contributed by atoms with Crippen molar-refractivity contribution >= 4 is 28.4 Å². The number of carbonyl (C=O) groups excluding carboxylic acids is 1. The van der Waals surface area contributed by atoms with Gasteiger partial charge in [-0.05, 0) is 19.9 Å². The number of amides is 1. The lowest BCUT2D eigenvalue weighted by atomic mass is 10.2. The SMILES string of the molecule is CC(C)NC(=O)CNCc1[nH]c2ccccc2c1Cl. The molecule has 0 bridgehead atoms. The van der Waals surface area contributed by atoms with E-state index in [0.717, 1.165) is 16.6 Å². The molecule has 3 N–H and O–H groups in total. The Hall–Kier alpha value is -1.52. The number of hydrogen-bond donors (Lipinski definition) is 3. The summed E-state index contributed by atoms with van der Waals surface area (Å²) in [5.41, 5.74) is 1.91. The number of aromatic nitrogens is 1. The zero-order valence-electron chi connectivity index (χ0n) is 11.1. The van der Waals surface area contributed by atoms with Gasteiger partial charge in [-0.15, -0.1) is 0 Å². The van der Waals surface area contributed by atoms with Crippen molar-refractivity contribution in [2.24, 2.45) is 0 Å². The molecule has 1 heterocycles. The highest BCUT2D eigenvalue weighted by atomic mass is 35.5. The fraction of sp³-hybridized carbons (Fsp3) is 0.357. The Kier molecular flexibility index (Phi) is 4.45. The highest BCUT2D eigenvalue weighted by Gasteiger charge is 2.09. The quantitative estimate of drug-likeness (QED) is 0.787. The second-order valence-corrected chi connectivity index (χ2v) is 5.17. The third-order valence-electron chi connectivity index (χ3n) is 2.75. The molecule has 0 aliphatic carbocycles. The number of benzene rings is 1. The van der Waals surface area contributed by atoms with Crippen molar-refractivity contribution in [2.75, 3.05) is 6.54 Å². The number of halogens is 1. The molecule has 4 nitrogen and oxygen atoms in total. The lowest BCUT2D eigenvalue weighted by Gasteiger charge is -2.08. The Morgan fingerprint density at radius 1 is 1.37 bits per heavy atom. The number of rotatable bonds is 5. The van der Waals surface area contributed by atoms with E-state index in [1.165, 1.54) is 0 Å². The van der Waals surface area contributed by atoms with Gasteiger partial charge >= 0.3 is 0 Å². The molecule has 19 heavy (non-hydrogen) atoms. The van der Waals surface area contributed by atoms with Crippen LogP contribution in [0.25, 0.3) is 10.9 Å². The summed E-state index contributed by atoms with van der Waals surface area (Å²) in [6, 6.07) is 8.03. The van der Waals surface area contributed by atoms with Crippen LogP contribution in [0.15, 0.2) is 24.3 Å². The van der Waals surface area contributed by atoms with Gasteiger partial charge < -0.3 is 15.6 Å². The summed E-state index contributed by atoms with van der Waals surface area (Å²) in [4.78, 5) is 14.7. The van der Waals surface area contributed by atoms with Gasteiger partial charge in [0.2, 0.25) is 5.91 Å². The van der Waals surface area contributed by atoms with Crippen molar-refractivity contribution in [3.63, 3.8) is 0 Å². The van der Waals surface area contributed by atoms with E-state index in [4.69, 9.17) is 11.6 Å². The Bertz CT molecular complexity index is 577. The summed E-state index contributed by atoms with van der Waals surface area (Å²) >= 11 is 6.28. The van der Waals surface area contributed by atoms with Gasteiger partial charge in [0.05, 0.1) is 11.6 Å². The highest BCUT2D eigenvalue weighted by molar-refractivity contribution is 6.36. The molecule has 1 aromatic carbocycles. The molecular formula is C14H18ClN3O. The molecule has 1 aromatic heterocycles. The minimum atomic E-state index is -0.0118. The average Bonchev–Trinajstić information content (AvgIpc) is 2.66. The van der Waals surface area contributed by atoms with E-state index in [-0.39, 0.29) is 18.5 Å². The molecule has 0 atom stereocenters. The van der Waals surface area contributed by atoms with Crippen LogP contribution in [0.3, 0.4) is 0 Å².